The number of benzene rings is 1. The number of hydrogen-bond acceptors (Lipinski definition) is 6. The molecule has 0 aliphatic carbocycles. The molecule has 0 fully saturated rings. The number of hydrogen-bond donors (Lipinski definition) is 2. The van der Waals surface area contributed by atoms with Crippen LogP contribution in [0.4, 0.5) is 17.2 Å². The molecule has 2 N–H and O–H groups in total. The van der Waals surface area contributed by atoms with Gasteiger partial charge in [0, 0.05) is 50.2 Å². The number of nitrogens with zero attached hydrogens (tertiary/aromatic N) is 5. The topological polar surface area (TPSA) is 83.4 Å². The highest BCUT2D eigenvalue weighted by molar-refractivity contribution is 5.86. The predicted octanol–water partition coefficient (Wildman–Crippen LogP) is 4.10. The summed E-state index contributed by atoms with van der Waals surface area (Å²) in [6.07, 6.45) is 9.50. The summed E-state index contributed by atoms with van der Waals surface area (Å²) in [4.78, 5) is 11.2. The zero-order chi connectivity index (χ0) is 21.2. The maximum absolute atomic E-state index is 5.15. The Kier molecular flexibility index (Phi) is 4.97. The van der Waals surface area contributed by atoms with Gasteiger partial charge in [-0.05, 0) is 29.8 Å². The quantitative estimate of drug-likeness (QED) is 0.418. The summed E-state index contributed by atoms with van der Waals surface area (Å²) >= 11 is 0. The molecule has 4 heterocycles. The summed E-state index contributed by atoms with van der Waals surface area (Å²) in [5.41, 5.74) is 5.94. The van der Waals surface area contributed by atoms with Crippen LogP contribution in [0.15, 0.2) is 67.4 Å². The van der Waals surface area contributed by atoms with E-state index in [4.69, 9.17) is 4.74 Å². The third-order valence-corrected chi connectivity index (χ3v) is 5.35. The van der Waals surface area contributed by atoms with Crippen LogP contribution < -0.4 is 10.2 Å². The maximum Gasteiger partial charge on any atom is 0.160 e. The summed E-state index contributed by atoms with van der Waals surface area (Å²) in [5, 5.41) is 11.7. The molecule has 0 saturated heterocycles. The van der Waals surface area contributed by atoms with Crippen molar-refractivity contribution in [3.8, 4) is 11.1 Å². The Balaban J connectivity index is 1.46. The van der Waals surface area contributed by atoms with Crippen molar-refractivity contribution in [1.29, 1.82) is 0 Å². The maximum atomic E-state index is 5.15. The van der Waals surface area contributed by atoms with Crippen LogP contribution in [0.3, 0.4) is 0 Å². The second-order valence-corrected chi connectivity index (χ2v) is 7.41. The zero-order valence-electron chi connectivity index (χ0n) is 17.4. The summed E-state index contributed by atoms with van der Waals surface area (Å²) < 4.78 is 7.16. The van der Waals surface area contributed by atoms with Gasteiger partial charge in [0.1, 0.15) is 5.82 Å². The molecule has 0 atom stereocenters. The highest BCUT2D eigenvalue weighted by Crippen LogP contribution is 2.29. The molecule has 0 unspecified atom stereocenters. The van der Waals surface area contributed by atoms with Crippen molar-refractivity contribution in [2.24, 2.45) is 0 Å². The van der Waals surface area contributed by atoms with Crippen LogP contribution >= 0.6 is 0 Å². The van der Waals surface area contributed by atoms with E-state index < -0.39 is 0 Å². The molecule has 0 aliphatic rings. The Morgan fingerprint density at radius 3 is 2.87 bits per heavy atom. The van der Waals surface area contributed by atoms with Gasteiger partial charge in [-0.25, -0.2) is 9.97 Å². The summed E-state index contributed by atoms with van der Waals surface area (Å²) in [6, 6.07) is 12.4. The number of pyridine rings is 2. The number of ether oxygens (including phenoxy) is 1. The number of fused-ring (bicyclic) bond motifs is 2. The number of nitrogens with one attached hydrogen (secondary N) is 2. The van der Waals surface area contributed by atoms with Crippen molar-refractivity contribution in [3.05, 3.63) is 67.4 Å². The Labute approximate surface area is 179 Å². The van der Waals surface area contributed by atoms with E-state index in [9.17, 15) is 0 Å². The molecule has 0 amide bonds. The summed E-state index contributed by atoms with van der Waals surface area (Å²) in [7, 11) is 3.73. The molecule has 0 saturated carbocycles. The van der Waals surface area contributed by atoms with Crippen molar-refractivity contribution in [1.82, 2.24) is 24.6 Å². The van der Waals surface area contributed by atoms with E-state index in [1.165, 1.54) is 0 Å². The van der Waals surface area contributed by atoms with E-state index >= 15 is 0 Å². The molecule has 8 heteroatoms. The van der Waals surface area contributed by atoms with E-state index in [0.29, 0.717) is 6.61 Å². The first-order valence-corrected chi connectivity index (χ1v) is 10.0. The van der Waals surface area contributed by atoms with E-state index in [0.717, 1.165) is 51.4 Å². The summed E-state index contributed by atoms with van der Waals surface area (Å²) in [5.74, 6) is 0.759. The Morgan fingerprint density at radius 2 is 2.03 bits per heavy atom. The lowest BCUT2D eigenvalue weighted by Gasteiger charge is -2.18. The fourth-order valence-corrected chi connectivity index (χ4v) is 3.58. The van der Waals surface area contributed by atoms with Gasteiger partial charge in [-0.1, -0.05) is 12.1 Å². The second kappa shape index (κ2) is 8.08. The monoisotopic (exact) mass is 413 g/mol. The molecule has 0 bridgehead atoms. The van der Waals surface area contributed by atoms with Gasteiger partial charge in [0.05, 0.1) is 35.9 Å². The van der Waals surface area contributed by atoms with Crippen molar-refractivity contribution >= 4 is 33.7 Å². The first kappa shape index (κ1) is 19.1. The third-order valence-electron chi connectivity index (χ3n) is 5.35. The van der Waals surface area contributed by atoms with Crippen LogP contribution in [0.5, 0.6) is 0 Å². The van der Waals surface area contributed by atoms with Crippen LogP contribution in [0.25, 0.3) is 27.7 Å². The van der Waals surface area contributed by atoms with Gasteiger partial charge in [0.2, 0.25) is 0 Å². The van der Waals surface area contributed by atoms with Crippen LogP contribution in [-0.4, -0.2) is 51.9 Å². The minimum Gasteiger partial charge on any atom is -0.383 e. The predicted molar refractivity (Wildman–Crippen MR) is 123 cm³/mol. The number of anilines is 3. The third kappa shape index (κ3) is 3.80. The zero-order valence-corrected chi connectivity index (χ0v) is 17.4. The number of methoxy groups -OCH3 is 1. The van der Waals surface area contributed by atoms with Gasteiger partial charge in [0.25, 0.3) is 0 Å². The van der Waals surface area contributed by atoms with E-state index in [1.54, 1.807) is 13.3 Å². The molecule has 4 aromatic heterocycles. The van der Waals surface area contributed by atoms with Gasteiger partial charge in [-0.2, -0.15) is 5.10 Å². The molecular weight excluding hydrogens is 390 g/mol. The van der Waals surface area contributed by atoms with Gasteiger partial charge in [-0.15, -0.1) is 0 Å². The molecule has 5 aromatic rings. The van der Waals surface area contributed by atoms with E-state index in [1.807, 2.05) is 42.2 Å². The fourth-order valence-electron chi connectivity index (χ4n) is 3.58. The lowest BCUT2D eigenvalue weighted by Crippen LogP contribution is -2.22. The number of aromatic amines is 1. The fraction of sp³-hybridized carbons (Fsp3) is 0.174. The number of rotatable bonds is 7. The molecule has 0 radical (unpaired) electrons. The molecule has 1 aromatic carbocycles. The lowest BCUT2D eigenvalue weighted by atomic mass is 10.1. The SMILES string of the molecule is COCCN(C)c1ccc(Nc2cc(-c3ccc4cn[nH]c4c3)cn3ccnc23)nc1. The number of H-pyrrole nitrogens is 1. The molecule has 0 spiro atoms. The molecule has 8 nitrogen and oxygen atoms in total. The van der Waals surface area contributed by atoms with Crippen LogP contribution in [0.2, 0.25) is 0 Å². The largest absolute Gasteiger partial charge is 0.383 e. The van der Waals surface area contributed by atoms with Crippen molar-refractivity contribution in [2.75, 3.05) is 37.5 Å². The Morgan fingerprint density at radius 1 is 1.10 bits per heavy atom. The first-order valence-electron chi connectivity index (χ1n) is 10.0. The normalized spacial score (nSPS) is 11.3. The Bertz CT molecular complexity index is 1320. The standard InChI is InChI=1S/C23H23N7O/c1-29(9-10-31-2)19-5-6-22(25-14-19)27-21-12-18(15-30-8-7-24-23(21)30)16-3-4-17-13-26-28-20(17)11-16/h3-8,11-15H,9-10H2,1-2H3,(H,25,27)(H,26,28). The highest BCUT2D eigenvalue weighted by Gasteiger charge is 2.10. The van der Waals surface area contributed by atoms with Crippen LogP contribution in [-0.2, 0) is 4.74 Å². The molecule has 31 heavy (non-hydrogen) atoms. The second-order valence-electron chi connectivity index (χ2n) is 7.41. The van der Waals surface area contributed by atoms with Gasteiger partial charge >= 0.3 is 0 Å². The molecule has 156 valence electrons. The smallest absolute Gasteiger partial charge is 0.160 e. The van der Waals surface area contributed by atoms with E-state index in [2.05, 4.69) is 60.8 Å². The van der Waals surface area contributed by atoms with Crippen LogP contribution in [0.1, 0.15) is 0 Å². The molecular formula is C23H23N7O. The lowest BCUT2D eigenvalue weighted by molar-refractivity contribution is 0.206. The van der Waals surface area contributed by atoms with Crippen molar-refractivity contribution < 1.29 is 4.74 Å². The minimum atomic E-state index is 0.672. The van der Waals surface area contributed by atoms with Crippen LogP contribution in [0, 0.1) is 0 Å². The summed E-state index contributed by atoms with van der Waals surface area (Å²) in [6.45, 7) is 1.48. The average Bonchev–Trinajstić information content (AvgIpc) is 3.46. The van der Waals surface area contributed by atoms with Gasteiger partial charge in [0.15, 0.2) is 5.65 Å². The minimum absolute atomic E-state index is 0.672. The molecule has 5 rings (SSSR count). The average molecular weight is 413 g/mol. The van der Waals surface area contributed by atoms with Crippen molar-refractivity contribution in [2.45, 2.75) is 0 Å². The first-order chi connectivity index (χ1) is 15.2. The highest BCUT2D eigenvalue weighted by atomic mass is 16.5. The van der Waals surface area contributed by atoms with Gasteiger partial charge < -0.3 is 19.4 Å². The van der Waals surface area contributed by atoms with Crippen molar-refractivity contribution in [3.63, 3.8) is 0 Å². The van der Waals surface area contributed by atoms with E-state index in [-0.39, 0.29) is 0 Å². The number of imidazole rings is 1. The number of likely N-dealkylation sites (N-methyl/N-ethyl adjacent to an activating group) is 1. The Hall–Kier alpha value is -3.91. The molecule has 0 aliphatic heterocycles. The number of aromatic nitrogens is 5. The van der Waals surface area contributed by atoms with Gasteiger partial charge in [-0.3, -0.25) is 5.10 Å².